The minimum atomic E-state index is -0.348. The fraction of sp³-hybridized carbons (Fsp3) is 0.0488. The molecule has 2 aliphatic heterocycles. The summed E-state index contributed by atoms with van der Waals surface area (Å²) in [6.45, 7) is 5.16. The summed E-state index contributed by atoms with van der Waals surface area (Å²) in [5, 5.41) is 5.99. The van der Waals surface area contributed by atoms with Gasteiger partial charge in [-0.3, -0.25) is 0 Å². The van der Waals surface area contributed by atoms with Crippen molar-refractivity contribution in [3.63, 3.8) is 0 Å². The Morgan fingerprint density at radius 3 is 2.31 bits per heavy atom. The van der Waals surface area contributed by atoms with Crippen molar-refractivity contribution in [2.75, 3.05) is 11.4 Å². The first-order valence-electron chi connectivity index (χ1n) is 15.2. The SMILES string of the molecule is C=C1/C=C\C=C/CN(C2N=C(c3ccccc3)C=C(c3ccccc3)N2)c2ccc(-c3cccc4c3oc3ccccc34)cc21. The Morgan fingerprint density at radius 2 is 1.47 bits per heavy atom. The Hall–Kier alpha value is -5.87. The van der Waals surface area contributed by atoms with Gasteiger partial charge in [-0.1, -0.05) is 134 Å². The average molecular weight is 582 g/mol. The van der Waals surface area contributed by atoms with Crippen molar-refractivity contribution >= 4 is 44.6 Å². The van der Waals surface area contributed by atoms with Crippen LogP contribution in [0.2, 0.25) is 0 Å². The number of nitrogens with zero attached hydrogens (tertiary/aromatic N) is 2. The summed E-state index contributed by atoms with van der Waals surface area (Å²) in [4.78, 5) is 7.59. The lowest BCUT2D eigenvalue weighted by molar-refractivity contribution is 0.589. The van der Waals surface area contributed by atoms with Gasteiger partial charge in [-0.2, -0.15) is 0 Å². The monoisotopic (exact) mass is 581 g/mol. The van der Waals surface area contributed by atoms with E-state index in [9.17, 15) is 0 Å². The molecule has 0 amide bonds. The number of para-hydroxylation sites is 2. The summed E-state index contributed by atoms with van der Waals surface area (Å²) in [7, 11) is 0. The van der Waals surface area contributed by atoms with E-state index in [2.05, 4.69) is 144 Å². The molecule has 2 aliphatic rings. The van der Waals surface area contributed by atoms with Gasteiger partial charge in [-0.15, -0.1) is 0 Å². The van der Waals surface area contributed by atoms with E-state index in [0.717, 1.165) is 72.4 Å². The number of fused-ring (bicyclic) bond motifs is 4. The molecule has 0 spiro atoms. The fourth-order valence-corrected chi connectivity index (χ4v) is 6.25. The van der Waals surface area contributed by atoms with Crippen LogP contribution in [0.4, 0.5) is 5.69 Å². The highest BCUT2D eigenvalue weighted by molar-refractivity contribution is 6.13. The first-order chi connectivity index (χ1) is 22.2. The molecule has 6 aromatic rings. The molecule has 0 fully saturated rings. The highest BCUT2D eigenvalue weighted by atomic mass is 16.3. The number of furan rings is 1. The van der Waals surface area contributed by atoms with Crippen LogP contribution in [0.3, 0.4) is 0 Å². The van der Waals surface area contributed by atoms with Crippen LogP contribution in [0.25, 0.3) is 44.3 Å². The van der Waals surface area contributed by atoms with Crippen LogP contribution in [0.1, 0.15) is 16.7 Å². The molecule has 3 heterocycles. The zero-order valence-corrected chi connectivity index (χ0v) is 24.7. The van der Waals surface area contributed by atoms with Crippen LogP contribution in [0.5, 0.6) is 0 Å². The van der Waals surface area contributed by atoms with Crippen LogP contribution in [-0.4, -0.2) is 18.5 Å². The van der Waals surface area contributed by atoms with Crippen molar-refractivity contribution in [2.24, 2.45) is 4.99 Å². The summed E-state index contributed by atoms with van der Waals surface area (Å²) in [5.74, 6) is 0. The summed E-state index contributed by atoms with van der Waals surface area (Å²) < 4.78 is 6.41. The lowest BCUT2D eigenvalue weighted by Gasteiger charge is -2.36. The topological polar surface area (TPSA) is 40.8 Å². The first-order valence-corrected chi connectivity index (χ1v) is 15.2. The van der Waals surface area contributed by atoms with Crippen molar-refractivity contribution < 1.29 is 4.42 Å². The predicted molar refractivity (Wildman–Crippen MR) is 188 cm³/mol. The van der Waals surface area contributed by atoms with Crippen LogP contribution in [-0.2, 0) is 0 Å². The van der Waals surface area contributed by atoms with Gasteiger partial charge in [0.25, 0.3) is 0 Å². The molecule has 1 N–H and O–H groups in total. The van der Waals surface area contributed by atoms with E-state index in [1.54, 1.807) is 0 Å². The molecular weight excluding hydrogens is 550 g/mol. The second kappa shape index (κ2) is 11.3. The number of rotatable bonds is 4. The third-order valence-corrected chi connectivity index (χ3v) is 8.49. The largest absolute Gasteiger partial charge is 0.455 e. The van der Waals surface area contributed by atoms with Gasteiger partial charge in [0.05, 0.1) is 5.71 Å². The molecule has 5 aromatic carbocycles. The average Bonchev–Trinajstić information content (AvgIpc) is 3.52. The first kappa shape index (κ1) is 26.7. The van der Waals surface area contributed by atoms with Gasteiger partial charge in [0.15, 0.2) is 6.29 Å². The second-order valence-electron chi connectivity index (χ2n) is 11.3. The van der Waals surface area contributed by atoms with Gasteiger partial charge in [0.1, 0.15) is 11.2 Å². The number of anilines is 1. The molecule has 4 heteroatoms. The molecule has 1 atom stereocenters. The number of benzene rings is 5. The lowest BCUT2D eigenvalue weighted by atomic mass is 9.96. The third kappa shape index (κ3) is 4.96. The standard InChI is InChI=1S/C41H31N3O/c1-28-14-5-4-12-25-44(41-42-36(29-15-6-2-7-16-29)27-37(43-41)30-17-8-3-9-18-30)38-24-23-31(26-35(28)38)32-20-13-21-34-33-19-10-11-22-39(33)45-40(32)34/h2-24,26-27,41-42H,1,25H2/b12-4-,14-5-. The quantitative estimate of drug-likeness (QED) is 0.225. The maximum atomic E-state index is 6.41. The van der Waals surface area contributed by atoms with Gasteiger partial charge >= 0.3 is 0 Å². The van der Waals surface area contributed by atoms with Crippen molar-refractivity contribution in [2.45, 2.75) is 6.29 Å². The number of hydrogen-bond acceptors (Lipinski definition) is 4. The van der Waals surface area contributed by atoms with Crippen molar-refractivity contribution in [3.8, 4) is 11.1 Å². The molecule has 4 nitrogen and oxygen atoms in total. The number of allylic oxidation sites excluding steroid dienone is 5. The van der Waals surface area contributed by atoms with Crippen molar-refractivity contribution in [1.29, 1.82) is 0 Å². The Bertz CT molecular complexity index is 2180. The minimum absolute atomic E-state index is 0.348. The third-order valence-electron chi connectivity index (χ3n) is 8.49. The smallest absolute Gasteiger partial charge is 0.197 e. The lowest BCUT2D eigenvalue weighted by Crippen LogP contribution is -2.46. The Morgan fingerprint density at radius 1 is 0.711 bits per heavy atom. The van der Waals surface area contributed by atoms with Gasteiger partial charge in [-0.05, 0) is 46.5 Å². The van der Waals surface area contributed by atoms with E-state index in [-0.39, 0.29) is 6.29 Å². The van der Waals surface area contributed by atoms with Gasteiger partial charge < -0.3 is 14.6 Å². The van der Waals surface area contributed by atoms with E-state index in [4.69, 9.17) is 9.41 Å². The van der Waals surface area contributed by atoms with Crippen LogP contribution < -0.4 is 10.2 Å². The molecule has 0 saturated carbocycles. The van der Waals surface area contributed by atoms with Crippen LogP contribution in [0.15, 0.2) is 168 Å². The van der Waals surface area contributed by atoms with E-state index >= 15 is 0 Å². The molecule has 8 rings (SSSR count). The maximum absolute atomic E-state index is 6.41. The minimum Gasteiger partial charge on any atom is -0.455 e. The van der Waals surface area contributed by atoms with Crippen LogP contribution >= 0.6 is 0 Å². The Labute approximate surface area is 262 Å². The van der Waals surface area contributed by atoms with Crippen LogP contribution in [0, 0.1) is 0 Å². The van der Waals surface area contributed by atoms with E-state index < -0.39 is 0 Å². The summed E-state index contributed by atoms with van der Waals surface area (Å²) >= 11 is 0. The normalized spacial score (nSPS) is 17.8. The highest BCUT2D eigenvalue weighted by Gasteiger charge is 2.26. The van der Waals surface area contributed by atoms with E-state index in [1.165, 1.54) is 0 Å². The van der Waals surface area contributed by atoms with Gasteiger partial charge in [0.2, 0.25) is 0 Å². The summed E-state index contributed by atoms with van der Waals surface area (Å²) in [6.07, 6.45) is 10.2. The number of aliphatic imine (C=N–C) groups is 1. The van der Waals surface area contributed by atoms with E-state index in [1.807, 2.05) is 24.3 Å². The molecule has 1 aromatic heterocycles. The number of nitrogens with one attached hydrogen (secondary N) is 1. The molecular formula is C41H31N3O. The number of hydrogen-bond donors (Lipinski definition) is 1. The summed E-state index contributed by atoms with van der Waals surface area (Å²) in [6, 6.07) is 42.0. The molecule has 0 aliphatic carbocycles. The molecule has 216 valence electrons. The highest BCUT2D eigenvalue weighted by Crippen LogP contribution is 2.39. The molecule has 0 saturated heterocycles. The van der Waals surface area contributed by atoms with Crippen molar-refractivity contribution in [3.05, 3.63) is 175 Å². The Kier molecular flexibility index (Phi) is 6.73. The Balaban J connectivity index is 1.26. The second-order valence-corrected chi connectivity index (χ2v) is 11.3. The predicted octanol–water partition coefficient (Wildman–Crippen LogP) is 9.62. The summed E-state index contributed by atoms with van der Waals surface area (Å²) in [5.41, 5.74) is 11.1. The van der Waals surface area contributed by atoms with Crippen molar-refractivity contribution in [1.82, 2.24) is 5.32 Å². The molecule has 0 radical (unpaired) electrons. The zero-order valence-electron chi connectivity index (χ0n) is 24.7. The van der Waals surface area contributed by atoms with Gasteiger partial charge in [0, 0.05) is 39.8 Å². The molecule has 1 unspecified atom stereocenters. The molecule has 0 bridgehead atoms. The van der Waals surface area contributed by atoms with Gasteiger partial charge in [-0.25, -0.2) is 4.99 Å². The zero-order chi connectivity index (χ0) is 30.2. The van der Waals surface area contributed by atoms with E-state index in [0.29, 0.717) is 6.54 Å². The fourth-order valence-electron chi connectivity index (χ4n) is 6.25. The maximum Gasteiger partial charge on any atom is 0.197 e. The molecule has 45 heavy (non-hydrogen) atoms.